The van der Waals surface area contributed by atoms with Crippen LogP contribution in [0.3, 0.4) is 0 Å². The van der Waals surface area contributed by atoms with Gasteiger partial charge in [0.25, 0.3) is 5.91 Å². The summed E-state index contributed by atoms with van der Waals surface area (Å²) in [4.78, 5) is 85.7. The topological polar surface area (TPSA) is 263 Å². The number of rotatable bonds is 23. The van der Waals surface area contributed by atoms with Gasteiger partial charge in [0.1, 0.15) is 6.04 Å². The largest absolute Gasteiger partial charge is 3.00 e. The first-order valence-electron chi connectivity index (χ1n) is 14.5. The zero-order valence-corrected chi connectivity index (χ0v) is 27.9. The Hall–Kier alpha value is -3.84. The minimum atomic E-state index is -1.30. The van der Waals surface area contributed by atoms with Crippen molar-refractivity contribution >= 4 is 52.5 Å². The second-order valence-electron chi connectivity index (χ2n) is 10.7. The van der Waals surface area contributed by atoms with Gasteiger partial charge >= 0.3 is 74.4 Å². The smallest absolute Gasteiger partial charge is 0.480 e. The molecule has 2 rings (SSSR count). The van der Waals surface area contributed by atoms with E-state index >= 15 is 0 Å². The van der Waals surface area contributed by atoms with Crippen molar-refractivity contribution < 1.29 is 103 Å². The van der Waals surface area contributed by atoms with Crippen molar-refractivity contribution in [1.29, 1.82) is 0 Å². The first-order valence-corrected chi connectivity index (χ1v) is 14.5. The molecule has 0 radical (unpaired) electrons. The molecular formula is C30H38N4O13Tb+3. The van der Waals surface area contributed by atoms with Crippen molar-refractivity contribution in [2.24, 2.45) is 0 Å². The normalized spacial score (nSPS) is 11.6. The van der Waals surface area contributed by atoms with E-state index < -0.39 is 73.9 Å². The van der Waals surface area contributed by atoms with E-state index in [0.29, 0.717) is 10.8 Å². The van der Waals surface area contributed by atoms with Crippen LogP contribution in [0.15, 0.2) is 36.4 Å². The number of carbonyl (C=O) groups is 7. The van der Waals surface area contributed by atoms with Crippen LogP contribution in [0.25, 0.3) is 10.8 Å². The summed E-state index contributed by atoms with van der Waals surface area (Å²) in [5, 5.41) is 60.1. The van der Waals surface area contributed by atoms with Gasteiger partial charge in [-0.05, 0) is 36.1 Å². The van der Waals surface area contributed by atoms with Crippen molar-refractivity contribution in [3.63, 3.8) is 0 Å². The van der Waals surface area contributed by atoms with Crippen LogP contribution in [0.5, 0.6) is 0 Å². The number of aromatic carboxylic acids is 1. The zero-order valence-electron chi connectivity index (χ0n) is 25.7. The van der Waals surface area contributed by atoms with Crippen LogP contribution in [0, 0.1) is 38.6 Å². The predicted octanol–water partition coefficient (Wildman–Crippen LogP) is 0.136. The van der Waals surface area contributed by atoms with E-state index in [4.69, 9.17) is 20.4 Å². The van der Waals surface area contributed by atoms with Crippen LogP contribution in [0.1, 0.15) is 40.0 Å². The Labute approximate surface area is 305 Å². The summed E-state index contributed by atoms with van der Waals surface area (Å²) in [5.74, 6) is -8.39. The number of benzene rings is 2. The number of unbranched alkanes of at least 4 members (excludes halogenated alkanes) is 1. The Balaban J connectivity index is 0.0000115. The fourth-order valence-electron chi connectivity index (χ4n) is 5.07. The number of hydrogen-bond acceptors (Lipinski definition) is 10. The molecule has 0 saturated carbocycles. The molecule has 0 saturated heterocycles. The van der Waals surface area contributed by atoms with Gasteiger partial charge in [0, 0.05) is 32.7 Å². The molecule has 2 aromatic carbocycles. The zero-order chi connectivity index (χ0) is 35.1. The van der Waals surface area contributed by atoms with Crippen LogP contribution in [-0.2, 0) is 24.0 Å². The maximum Gasteiger partial charge on any atom is 3.00 e. The van der Waals surface area contributed by atoms with Gasteiger partial charge in [0.05, 0.1) is 37.3 Å². The maximum atomic E-state index is 13.0. The quantitative estimate of drug-likeness (QED) is 0.0735. The maximum absolute atomic E-state index is 13.0. The van der Waals surface area contributed by atoms with Crippen LogP contribution < -0.4 is 5.32 Å². The average molecular weight is 822 g/mol. The molecule has 0 fully saturated rings. The van der Waals surface area contributed by atoms with Crippen LogP contribution in [-0.4, -0.2) is 152 Å². The van der Waals surface area contributed by atoms with Crippen molar-refractivity contribution in [2.45, 2.75) is 25.3 Å². The summed E-state index contributed by atoms with van der Waals surface area (Å²) in [6, 6.07) is 8.51. The molecule has 262 valence electrons. The molecule has 1 unspecified atom stereocenters. The molecule has 0 aliphatic carbocycles. The van der Waals surface area contributed by atoms with Gasteiger partial charge in [-0.3, -0.25) is 43.5 Å². The van der Waals surface area contributed by atoms with Gasteiger partial charge in [0.2, 0.25) is 0 Å². The molecule has 7 N–H and O–H groups in total. The fourth-order valence-corrected chi connectivity index (χ4v) is 5.07. The molecule has 0 heterocycles. The van der Waals surface area contributed by atoms with Crippen molar-refractivity contribution in [3.05, 3.63) is 47.5 Å². The van der Waals surface area contributed by atoms with E-state index in [0.717, 1.165) is 9.80 Å². The molecule has 0 aromatic heterocycles. The Morgan fingerprint density at radius 1 is 0.646 bits per heavy atom. The Morgan fingerprint density at radius 3 is 1.60 bits per heavy atom. The first kappa shape index (κ1) is 42.2. The minimum Gasteiger partial charge on any atom is -0.480 e. The number of carboxylic acids is 6. The second-order valence-corrected chi connectivity index (χ2v) is 10.7. The molecule has 0 aliphatic rings. The van der Waals surface area contributed by atoms with E-state index in [9.17, 15) is 43.8 Å². The summed E-state index contributed by atoms with van der Waals surface area (Å²) in [6.45, 7) is -3.10. The van der Waals surface area contributed by atoms with Gasteiger partial charge in [0.15, 0.2) is 0 Å². The third-order valence-electron chi connectivity index (χ3n) is 7.14. The van der Waals surface area contributed by atoms with E-state index in [1.165, 1.54) is 11.0 Å². The predicted molar refractivity (Wildman–Crippen MR) is 164 cm³/mol. The Kier molecular flexibility index (Phi) is 18.6. The van der Waals surface area contributed by atoms with Gasteiger partial charge in [-0.15, -0.1) is 0 Å². The number of carboxylic acid groups (broad SMARTS) is 6. The van der Waals surface area contributed by atoms with Gasteiger partial charge in [-0.2, -0.15) is 0 Å². The number of amides is 1. The number of aliphatic carboxylic acids is 5. The number of hydrogen-bond donors (Lipinski definition) is 7. The van der Waals surface area contributed by atoms with Gasteiger partial charge in [-0.25, -0.2) is 4.79 Å². The van der Waals surface area contributed by atoms with Crippen molar-refractivity contribution in [3.8, 4) is 0 Å². The molecule has 48 heavy (non-hydrogen) atoms. The fraction of sp³-hybridized carbons (Fsp3) is 0.433. The number of nitrogens with zero attached hydrogens (tertiary/aromatic N) is 3. The standard InChI is InChI=1S/C30H38N4O13.Tb/c35-23(36)15-32(16-24(37)38)11-13-34(14-12-33(17-25(39)40)18-26(41)42)22(30(46)47)7-3-4-10-31-28(43)27-20-6-2-1-5-19(20)8-9-21(27)29(44)45;/h1-2,5-6,8-9,22H,3-4,7,10-18H2,(H,31,43)(H,35,36)(H,37,38)(H,39,40)(H,41,42)(H,44,45)(H,46,47);/q;+3. The number of nitrogens with one attached hydrogen (secondary N) is 1. The molecule has 0 bridgehead atoms. The van der Waals surface area contributed by atoms with E-state index in [2.05, 4.69) is 5.32 Å². The summed E-state index contributed by atoms with van der Waals surface area (Å²) >= 11 is 0. The molecular weight excluding hydrogens is 783 g/mol. The molecule has 1 atom stereocenters. The average Bonchev–Trinajstić information content (AvgIpc) is 2.97. The van der Waals surface area contributed by atoms with Crippen LogP contribution in [0.4, 0.5) is 0 Å². The molecule has 1 amide bonds. The van der Waals surface area contributed by atoms with Crippen LogP contribution in [0.2, 0.25) is 0 Å². The third kappa shape index (κ3) is 14.5. The summed E-state index contributed by atoms with van der Waals surface area (Å²) in [7, 11) is 0. The summed E-state index contributed by atoms with van der Waals surface area (Å²) in [6.07, 6.45) is 0.539. The SMILES string of the molecule is O=C(O)CN(CCN(CCN(CC(=O)O)CC(=O)O)C(CCCCNC(=O)c1c(C(=O)O)ccc2ccccc12)C(=O)O)CC(=O)O.[Tb+3]. The molecule has 0 spiro atoms. The second kappa shape index (κ2) is 21.2. The van der Waals surface area contributed by atoms with Crippen molar-refractivity contribution in [1.82, 2.24) is 20.0 Å². The Bertz CT molecular complexity index is 1400. The summed E-state index contributed by atoms with van der Waals surface area (Å²) < 4.78 is 0. The molecule has 18 heteroatoms. The molecule has 2 aromatic rings. The molecule has 17 nitrogen and oxygen atoms in total. The molecule has 0 aliphatic heterocycles. The van der Waals surface area contributed by atoms with Crippen molar-refractivity contribution in [2.75, 3.05) is 58.9 Å². The third-order valence-corrected chi connectivity index (χ3v) is 7.14. The van der Waals surface area contributed by atoms with Gasteiger partial charge < -0.3 is 36.0 Å². The van der Waals surface area contributed by atoms with E-state index in [1.54, 1.807) is 30.3 Å². The van der Waals surface area contributed by atoms with Crippen LogP contribution >= 0.6 is 0 Å². The van der Waals surface area contributed by atoms with E-state index in [-0.39, 0.29) is 102 Å². The van der Waals surface area contributed by atoms with E-state index in [1.807, 2.05) is 0 Å². The number of fused-ring (bicyclic) bond motifs is 1. The summed E-state index contributed by atoms with van der Waals surface area (Å²) in [5.41, 5.74) is -0.188. The Morgan fingerprint density at radius 2 is 1.15 bits per heavy atom. The first-order chi connectivity index (χ1) is 22.2. The minimum absolute atomic E-state index is 0. The monoisotopic (exact) mass is 821 g/mol. The number of carbonyl (C=O) groups excluding carboxylic acids is 1. The van der Waals surface area contributed by atoms with Gasteiger partial charge in [-0.1, -0.05) is 30.3 Å².